The van der Waals surface area contributed by atoms with Crippen molar-refractivity contribution in [1.82, 2.24) is 0 Å². The van der Waals surface area contributed by atoms with Gasteiger partial charge in [0.1, 0.15) is 6.10 Å². The zero-order chi connectivity index (χ0) is 22.6. The van der Waals surface area contributed by atoms with Crippen LogP contribution >= 0.6 is 0 Å². The first-order chi connectivity index (χ1) is 15.3. The molecule has 5 rings (SSSR count). The van der Waals surface area contributed by atoms with Crippen LogP contribution in [0.5, 0.6) is 0 Å². The second-order valence-corrected chi connectivity index (χ2v) is 12.2. The summed E-state index contributed by atoms with van der Waals surface area (Å²) in [7, 11) is 0. The van der Waals surface area contributed by atoms with Gasteiger partial charge in [-0.05, 0) is 111 Å². The van der Waals surface area contributed by atoms with E-state index in [1.165, 1.54) is 44.1 Å². The average Bonchev–Trinajstić information content (AvgIpc) is 3.04. The number of rotatable bonds is 4. The summed E-state index contributed by atoms with van der Waals surface area (Å²) >= 11 is 0. The van der Waals surface area contributed by atoms with Crippen LogP contribution in [-0.2, 0) is 16.0 Å². The summed E-state index contributed by atoms with van der Waals surface area (Å²) < 4.78 is 5.63. The molecule has 0 unspecified atom stereocenters. The third kappa shape index (κ3) is 3.54. The molecule has 4 aliphatic rings. The number of hydrogen-bond donors (Lipinski definition) is 1. The van der Waals surface area contributed by atoms with Gasteiger partial charge in [-0.1, -0.05) is 44.2 Å². The first-order valence-electron chi connectivity index (χ1n) is 13.2. The van der Waals surface area contributed by atoms with Gasteiger partial charge in [0.2, 0.25) is 0 Å². The van der Waals surface area contributed by atoms with Crippen molar-refractivity contribution in [2.24, 2.45) is 34.5 Å². The lowest BCUT2D eigenvalue weighted by Gasteiger charge is -2.61. The minimum absolute atomic E-state index is 0.0566. The Morgan fingerprint density at radius 2 is 1.75 bits per heavy atom. The number of hydrogen-bond acceptors (Lipinski definition) is 3. The van der Waals surface area contributed by atoms with Gasteiger partial charge in [-0.3, -0.25) is 4.79 Å². The summed E-state index contributed by atoms with van der Waals surface area (Å²) in [4.78, 5) is 11.5. The van der Waals surface area contributed by atoms with Crippen molar-refractivity contribution < 1.29 is 14.6 Å². The lowest BCUT2D eigenvalue weighted by molar-refractivity contribution is -0.170. The van der Waals surface area contributed by atoms with Crippen molar-refractivity contribution in [3.63, 3.8) is 0 Å². The van der Waals surface area contributed by atoms with Crippen molar-refractivity contribution in [3.8, 4) is 0 Å². The predicted molar refractivity (Wildman–Crippen MR) is 127 cm³/mol. The molecule has 1 aromatic rings. The minimum atomic E-state index is -0.525. The zero-order valence-corrected chi connectivity index (χ0v) is 20.3. The van der Waals surface area contributed by atoms with E-state index in [0.29, 0.717) is 17.3 Å². The normalized spacial score (nSPS) is 45.4. The molecule has 4 saturated carbocycles. The number of carbonyl (C=O) groups is 1. The number of aliphatic hydroxyl groups is 1. The Kier molecular flexibility index (Phi) is 5.72. The largest absolute Gasteiger partial charge is 0.463 e. The van der Waals surface area contributed by atoms with E-state index in [2.05, 4.69) is 44.2 Å². The molecule has 0 saturated heterocycles. The lowest BCUT2D eigenvalue weighted by Crippen LogP contribution is -2.57. The topological polar surface area (TPSA) is 46.5 Å². The fourth-order valence-electron chi connectivity index (χ4n) is 9.08. The third-order valence-corrected chi connectivity index (χ3v) is 10.9. The Labute approximate surface area is 194 Å². The smallest absolute Gasteiger partial charge is 0.302 e. The second-order valence-electron chi connectivity index (χ2n) is 12.2. The minimum Gasteiger partial charge on any atom is -0.463 e. The summed E-state index contributed by atoms with van der Waals surface area (Å²) in [6.45, 7) is 6.53. The molecular formula is C29H42O3. The standard InChI is InChI=1S/C29H42O3/c1-20(30)32-23-12-15-27(2)22(19-23)9-10-24-25(27)13-16-28(3)26(24)14-18-29(28,31)17-11-21-7-5-4-6-8-21/h4-8,22-26,31H,9-19H2,1-3H3/t22-,23-,24+,25+,26-,27+,28+,29+/m1/s1. The zero-order valence-electron chi connectivity index (χ0n) is 20.3. The highest BCUT2D eigenvalue weighted by molar-refractivity contribution is 5.66. The van der Waals surface area contributed by atoms with E-state index in [-0.39, 0.29) is 17.5 Å². The van der Waals surface area contributed by atoms with E-state index in [1.807, 2.05) is 0 Å². The molecule has 4 fully saturated rings. The molecular weight excluding hydrogens is 396 g/mol. The lowest BCUT2D eigenvalue weighted by atomic mass is 9.44. The van der Waals surface area contributed by atoms with Gasteiger partial charge in [-0.25, -0.2) is 0 Å². The number of esters is 1. The third-order valence-electron chi connectivity index (χ3n) is 10.9. The highest BCUT2D eigenvalue weighted by atomic mass is 16.5. The van der Waals surface area contributed by atoms with Crippen molar-refractivity contribution in [1.29, 1.82) is 0 Å². The Balaban J connectivity index is 1.31. The van der Waals surface area contributed by atoms with Crippen molar-refractivity contribution in [3.05, 3.63) is 35.9 Å². The van der Waals surface area contributed by atoms with Crippen LogP contribution in [0.4, 0.5) is 0 Å². The highest BCUT2D eigenvalue weighted by Gasteiger charge is 2.64. The molecule has 1 aromatic carbocycles. The van der Waals surface area contributed by atoms with E-state index in [0.717, 1.165) is 43.9 Å². The molecule has 0 bridgehead atoms. The molecule has 0 aliphatic heterocycles. The van der Waals surface area contributed by atoms with Crippen LogP contribution in [0.1, 0.15) is 90.5 Å². The van der Waals surface area contributed by atoms with Crippen LogP contribution in [0.25, 0.3) is 0 Å². The Morgan fingerprint density at radius 3 is 2.50 bits per heavy atom. The maximum atomic E-state index is 12.0. The molecule has 0 amide bonds. The van der Waals surface area contributed by atoms with E-state index < -0.39 is 5.60 Å². The van der Waals surface area contributed by atoms with Crippen molar-refractivity contribution in [2.75, 3.05) is 0 Å². The van der Waals surface area contributed by atoms with Crippen LogP contribution in [0, 0.1) is 34.5 Å². The van der Waals surface area contributed by atoms with Crippen LogP contribution in [0.15, 0.2) is 30.3 Å². The predicted octanol–water partition coefficient (Wildman–Crippen LogP) is 6.32. The summed E-state index contributed by atoms with van der Waals surface area (Å²) in [5.74, 6) is 2.75. The monoisotopic (exact) mass is 438 g/mol. The maximum absolute atomic E-state index is 12.0. The molecule has 3 nitrogen and oxygen atoms in total. The molecule has 3 heteroatoms. The fourth-order valence-corrected chi connectivity index (χ4v) is 9.08. The highest BCUT2D eigenvalue weighted by Crippen LogP contribution is 2.68. The summed E-state index contributed by atoms with van der Waals surface area (Å²) in [6, 6.07) is 10.7. The summed E-state index contributed by atoms with van der Waals surface area (Å²) in [5.41, 5.74) is 1.26. The van der Waals surface area contributed by atoms with Gasteiger partial charge < -0.3 is 9.84 Å². The van der Waals surface area contributed by atoms with E-state index in [1.54, 1.807) is 6.92 Å². The molecule has 8 atom stereocenters. The maximum Gasteiger partial charge on any atom is 0.302 e. The quantitative estimate of drug-likeness (QED) is 0.559. The van der Waals surface area contributed by atoms with Gasteiger partial charge in [-0.2, -0.15) is 0 Å². The SMILES string of the molecule is CC(=O)O[C@@H]1CC[C@@]2(C)[C@H](CC[C@@H]3[C@H]4CC[C@@](O)(CCc5ccccc5)[C@@]4(C)CC[C@@H]32)C1. The number of carbonyl (C=O) groups excluding carboxylic acids is 1. The molecule has 0 aromatic heterocycles. The van der Waals surface area contributed by atoms with E-state index in [4.69, 9.17) is 4.74 Å². The van der Waals surface area contributed by atoms with Gasteiger partial charge in [0.05, 0.1) is 5.60 Å². The molecule has 4 aliphatic carbocycles. The van der Waals surface area contributed by atoms with Crippen LogP contribution in [0.2, 0.25) is 0 Å². The van der Waals surface area contributed by atoms with Gasteiger partial charge in [0, 0.05) is 6.92 Å². The number of fused-ring (bicyclic) bond motifs is 5. The molecule has 32 heavy (non-hydrogen) atoms. The first-order valence-corrected chi connectivity index (χ1v) is 13.2. The molecule has 176 valence electrons. The Bertz CT molecular complexity index is 836. The number of benzene rings is 1. The molecule has 1 N–H and O–H groups in total. The Hall–Kier alpha value is -1.35. The van der Waals surface area contributed by atoms with Gasteiger partial charge in [-0.15, -0.1) is 0 Å². The van der Waals surface area contributed by atoms with E-state index in [9.17, 15) is 9.90 Å². The average molecular weight is 439 g/mol. The van der Waals surface area contributed by atoms with Crippen molar-refractivity contribution in [2.45, 2.75) is 103 Å². The summed E-state index contributed by atoms with van der Waals surface area (Å²) in [5, 5.41) is 12.0. The fraction of sp³-hybridized carbons (Fsp3) is 0.759. The number of aryl methyl sites for hydroxylation is 1. The number of ether oxygens (including phenoxy) is 1. The Morgan fingerprint density at radius 1 is 1.00 bits per heavy atom. The van der Waals surface area contributed by atoms with Gasteiger partial charge >= 0.3 is 5.97 Å². The summed E-state index contributed by atoms with van der Waals surface area (Å²) in [6.07, 6.45) is 12.4. The van der Waals surface area contributed by atoms with Crippen LogP contribution in [0.3, 0.4) is 0 Å². The molecule has 0 radical (unpaired) electrons. The van der Waals surface area contributed by atoms with Crippen LogP contribution < -0.4 is 0 Å². The van der Waals surface area contributed by atoms with Gasteiger partial charge in [0.15, 0.2) is 0 Å². The molecule has 0 heterocycles. The van der Waals surface area contributed by atoms with E-state index >= 15 is 0 Å². The first kappa shape index (κ1) is 22.4. The van der Waals surface area contributed by atoms with Crippen molar-refractivity contribution >= 4 is 5.97 Å². The second kappa shape index (κ2) is 8.15. The van der Waals surface area contributed by atoms with Crippen LogP contribution in [-0.4, -0.2) is 22.8 Å². The van der Waals surface area contributed by atoms with Gasteiger partial charge in [0.25, 0.3) is 0 Å². The molecule has 0 spiro atoms.